The first kappa shape index (κ1) is 27.3. The van der Waals surface area contributed by atoms with Gasteiger partial charge in [-0.2, -0.15) is 0 Å². The predicted molar refractivity (Wildman–Crippen MR) is 134 cm³/mol. The molecule has 3 saturated carbocycles. The van der Waals surface area contributed by atoms with Gasteiger partial charge in [0.15, 0.2) is 0 Å². The summed E-state index contributed by atoms with van der Waals surface area (Å²) in [6, 6.07) is 0. The summed E-state index contributed by atoms with van der Waals surface area (Å²) in [6.07, 6.45) is 2.49. The van der Waals surface area contributed by atoms with Crippen LogP contribution in [-0.2, 0) is 9.53 Å². The summed E-state index contributed by atoms with van der Waals surface area (Å²) in [5.41, 5.74) is -0.348. The van der Waals surface area contributed by atoms with Gasteiger partial charge in [-0.15, -0.1) is 0 Å². The van der Waals surface area contributed by atoms with E-state index in [4.69, 9.17) is 4.74 Å². The maximum atomic E-state index is 13.0. The fraction of sp³-hybridized carbons (Fsp3) is 0.966. The Morgan fingerprint density at radius 2 is 1.63 bits per heavy atom. The van der Waals surface area contributed by atoms with Crippen LogP contribution in [0.3, 0.4) is 0 Å². The predicted octanol–water partition coefficient (Wildman–Crippen LogP) is 3.78. The van der Waals surface area contributed by atoms with Crippen LogP contribution in [0.1, 0.15) is 86.5 Å². The summed E-state index contributed by atoms with van der Waals surface area (Å²) in [4.78, 5) is 13.0. The zero-order valence-corrected chi connectivity index (χ0v) is 22.7. The van der Waals surface area contributed by atoms with Crippen molar-refractivity contribution in [3.05, 3.63) is 0 Å². The third kappa shape index (κ3) is 4.38. The van der Waals surface area contributed by atoms with E-state index in [2.05, 4.69) is 41.5 Å². The highest BCUT2D eigenvalue weighted by molar-refractivity contribution is 5.74. The third-order valence-electron chi connectivity index (χ3n) is 11.7. The van der Waals surface area contributed by atoms with Gasteiger partial charge in [-0.05, 0) is 90.8 Å². The second-order valence-electron chi connectivity index (χ2n) is 13.5. The van der Waals surface area contributed by atoms with Crippen molar-refractivity contribution >= 4 is 5.97 Å². The van der Waals surface area contributed by atoms with Crippen molar-refractivity contribution in [2.45, 2.75) is 111 Å². The van der Waals surface area contributed by atoms with Crippen molar-refractivity contribution in [2.24, 2.45) is 58.2 Å². The monoisotopic (exact) mass is 494 g/mol. The maximum absolute atomic E-state index is 13.0. The molecule has 1 saturated heterocycles. The molecule has 0 radical (unpaired) electrons. The smallest absolute Gasteiger partial charge is 0.309 e. The molecule has 202 valence electrons. The minimum absolute atomic E-state index is 0.00679. The number of aliphatic hydroxyl groups is 4. The average Bonchev–Trinajstić information content (AvgIpc) is 3.11. The Balaban J connectivity index is 1.57. The summed E-state index contributed by atoms with van der Waals surface area (Å²) < 4.78 is 5.88. The molecule has 0 aromatic carbocycles. The van der Waals surface area contributed by atoms with Crippen LogP contribution in [-0.4, -0.2) is 57.4 Å². The van der Waals surface area contributed by atoms with Crippen LogP contribution < -0.4 is 0 Å². The average molecular weight is 495 g/mol. The largest absolute Gasteiger partial charge is 0.465 e. The van der Waals surface area contributed by atoms with E-state index in [0.717, 1.165) is 32.1 Å². The standard InChI is InChI=1S/C29H50O6/c1-7-17(15(2)3)26(33)25(32)16(4)19-8-9-20-18-14-35-27(34)22-12-23(30)24(31)13-29(22,6)21(18)10-11-28(19,20)5/h15-26,30-33H,7-14H2,1-6H3/t16-,17-,18-,19+,20-,21-,22+,23-,24+,25-,26-,28+,29+/m1/s1. The van der Waals surface area contributed by atoms with Crippen LogP contribution >= 0.6 is 0 Å². The van der Waals surface area contributed by atoms with Gasteiger partial charge in [0, 0.05) is 0 Å². The lowest BCUT2D eigenvalue weighted by Gasteiger charge is -2.56. The molecule has 0 spiro atoms. The van der Waals surface area contributed by atoms with E-state index >= 15 is 0 Å². The quantitative estimate of drug-likeness (QED) is 0.419. The molecule has 4 rings (SSSR count). The molecule has 0 bridgehead atoms. The normalized spacial score (nSPS) is 47.1. The van der Waals surface area contributed by atoms with Gasteiger partial charge in [0.2, 0.25) is 0 Å². The lowest BCUT2D eigenvalue weighted by Crippen LogP contribution is -2.55. The number of hydrogen-bond donors (Lipinski definition) is 4. The number of ether oxygens (including phenoxy) is 1. The Morgan fingerprint density at radius 1 is 0.971 bits per heavy atom. The number of fused-ring (bicyclic) bond motifs is 5. The van der Waals surface area contributed by atoms with Crippen LogP contribution in [0.25, 0.3) is 0 Å². The SMILES string of the molecule is CC[C@H](C(C)C)[C@@H](O)[C@H](O)[C@H](C)[C@@H]1CC[C@@H]2[C@H]3COC(=O)[C@@H]4C[C@@H](O)[C@@H](O)C[C@@]4(C)[C@@H]3CC[C@]21C. The summed E-state index contributed by atoms with van der Waals surface area (Å²) in [6.45, 7) is 13.4. The molecule has 35 heavy (non-hydrogen) atoms. The van der Waals surface area contributed by atoms with E-state index in [-0.39, 0.29) is 52.8 Å². The van der Waals surface area contributed by atoms with E-state index < -0.39 is 24.4 Å². The van der Waals surface area contributed by atoms with Gasteiger partial charge in [0.1, 0.15) is 0 Å². The number of carbonyl (C=O) groups excluding carboxylic acids is 1. The lowest BCUT2D eigenvalue weighted by molar-refractivity contribution is -0.162. The van der Waals surface area contributed by atoms with Crippen molar-refractivity contribution in [3.63, 3.8) is 0 Å². The Bertz CT molecular complexity index is 770. The number of aliphatic hydroxyl groups excluding tert-OH is 4. The number of cyclic esters (lactones) is 1. The molecular weight excluding hydrogens is 444 g/mol. The minimum Gasteiger partial charge on any atom is -0.465 e. The summed E-state index contributed by atoms with van der Waals surface area (Å²) in [5.74, 6) is 1.01. The number of hydrogen-bond acceptors (Lipinski definition) is 6. The van der Waals surface area contributed by atoms with Crippen molar-refractivity contribution < 1.29 is 30.0 Å². The van der Waals surface area contributed by atoms with Crippen LogP contribution in [0.15, 0.2) is 0 Å². The number of carbonyl (C=O) groups is 1. The zero-order valence-electron chi connectivity index (χ0n) is 22.7. The highest BCUT2D eigenvalue weighted by Gasteiger charge is 2.63. The molecule has 3 aliphatic carbocycles. The molecule has 1 aliphatic heterocycles. The molecule has 0 unspecified atom stereocenters. The van der Waals surface area contributed by atoms with E-state index in [9.17, 15) is 25.2 Å². The number of rotatable bonds is 6. The molecule has 13 atom stereocenters. The van der Waals surface area contributed by atoms with Crippen molar-refractivity contribution in [3.8, 4) is 0 Å². The van der Waals surface area contributed by atoms with Crippen molar-refractivity contribution in [1.82, 2.24) is 0 Å². The Morgan fingerprint density at radius 3 is 2.26 bits per heavy atom. The lowest BCUT2D eigenvalue weighted by atomic mass is 9.48. The molecule has 6 nitrogen and oxygen atoms in total. The fourth-order valence-corrected chi connectivity index (χ4v) is 9.60. The first-order valence-electron chi connectivity index (χ1n) is 14.3. The molecule has 0 aromatic heterocycles. The Labute approximate surface area is 211 Å². The molecule has 1 heterocycles. The topological polar surface area (TPSA) is 107 Å². The Kier molecular flexibility index (Phi) is 7.72. The van der Waals surface area contributed by atoms with Gasteiger partial charge >= 0.3 is 5.97 Å². The summed E-state index contributed by atoms with van der Waals surface area (Å²) in [7, 11) is 0. The molecular formula is C29H50O6. The van der Waals surface area contributed by atoms with Gasteiger partial charge < -0.3 is 25.2 Å². The van der Waals surface area contributed by atoms with Gasteiger partial charge in [0.05, 0.1) is 36.9 Å². The van der Waals surface area contributed by atoms with Gasteiger partial charge in [0.25, 0.3) is 0 Å². The Hall–Kier alpha value is -0.690. The number of esters is 1. The first-order chi connectivity index (χ1) is 16.4. The molecule has 4 N–H and O–H groups in total. The second kappa shape index (κ2) is 9.89. The summed E-state index contributed by atoms with van der Waals surface area (Å²) >= 11 is 0. The zero-order chi connectivity index (χ0) is 25.9. The highest BCUT2D eigenvalue weighted by Crippen LogP contribution is 2.66. The van der Waals surface area contributed by atoms with Gasteiger partial charge in [-0.3, -0.25) is 4.79 Å². The molecule has 0 aromatic rings. The maximum Gasteiger partial charge on any atom is 0.309 e. The van der Waals surface area contributed by atoms with Gasteiger partial charge in [-0.1, -0.05) is 48.0 Å². The van der Waals surface area contributed by atoms with Crippen molar-refractivity contribution in [2.75, 3.05) is 6.61 Å². The molecule has 0 amide bonds. The van der Waals surface area contributed by atoms with Crippen LogP contribution in [0.4, 0.5) is 0 Å². The van der Waals surface area contributed by atoms with Crippen LogP contribution in [0.2, 0.25) is 0 Å². The highest BCUT2D eigenvalue weighted by atomic mass is 16.5. The summed E-state index contributed by atoms with van der Waals surface area (Å²) in [5, 5.41) is 43.2. The van der Waals surface area contributed by atoms with Gasteiger partial charge in [-0.25, -0.2) is 0 Å². The van der Waals surface area contributed by atoms with E-state index in [0.29, 0.717) is 30.8 Å². The second-order valence-corrected chi connectivity index (χ2v) is 13.5. The van der Waals surface area contributed by atoms with E-state index in [1.165, 1.54) is 0 Å². The minimum atomic E-state index is -0.867. The molecule has 6 heteroatoms. The van der Waals surface area contributed by atoms with Crippen molar-refractivity contribution in [1.29, 1.82) is 0 Å². The fourth-order valence-electron chi connectivity index (χ4n) is 9.60. The van der Waals surface area contributed by atoms with E-state index in [1.54, 1.807) is 0 Å². The third-order valence-corrected chi connectivity index (χ3v) is 11.7. The van der Waals surface area contributed by atoms with Crippen LogP contribution in [0.5, 0.6) is 0 Å². The van der Waals surface area contributed by atoms with E-state index in [1.807, 2.05) is 0 Å². The van der Waals surface area contributed by atoms with Crippen LogP contribution in [0, 0.1) is 58.2 Å². The first-order valence-corrected chi connectivity index (χ1v) is 14.3. The molecule has 4 aliphatic rings. The molecule has 4 fully saturated rings.